The highest BCUT2D eigenvalue weighted by molar-refractivity contribution is 9.10. The number of hydrogen-bond donors (Lipinski definition) is 1. The van der Waals surface area contributed by atoms with Gasteiger partial charge in [-0.25, -0.2) is 4.79 Å². The van der Waals surface area contributed by atoms with Crippen LogP contribution in [0.2, 0.25) is 0 Å². The van der Waals surface area contributed by atoms with Gasteiger partial charge in [0, 0.05) is 11.1 Å². The van der Waals surface area contributed by atoms with Crippen LogP contribution >= 0.6 is 15.9 Å². The second-order valence-electron chi connectivity index (χ2n) is 3.89. The van der Waals surface area contributed by atoms with E-state index in [-0.39, 0.29) is 11.7 Å². The molecule has 1 atom stereocenters. The number of carboxylic acid groups (broad SMARTS) is 1. The third-order valence-corrected chi connectivity index (χ3v) is 3.29. The minimum atomic E-state index is -0.956. The molecule has 5 heteroatoms. The van der Waals surface area contributed by atoms with Crippen LogP contribution in [0, 0.1) is 0 Å². The molecule has 1 fully saturated rings. The molecule has 0 bridgehead atoms. The molecular formula is C12H13BrO4. The van der Waals surface area contributed by atoms with E-state index >= 15 is 0 Å². The predicted octanol–water partition coefficient (Wildman–Crippen LogP) is 2.71. The molecule has 0 spiro atoms. The largest absolute Gasteiger partial charge is 0.491 e. The maximum atomic E-state index is 10.8. The Balaban J connectivity index is 1.97. The predicted molar refractivity (Wildman–Crippen MR) is 65.6 cm³/mol. The fourth-order valence-corrected chi connectivity index (χ4v) is 2.25. The smallest absolute Gasteiger partial charge is 0.336 e. The van der Waals surface area contributed by atoms with E-state index in [0.717, 1.165) is 19.4 Å². The zero-order valence-corrected chi connectivity index (χ0v) is 10.8. The summed E-state index contributed by atoms with van der Waals surface area (Å²) >= 11 is 3.21. The molecule has 1 aliphatic heterocycles. The standard InChI is InChI=1S/C12H13BrO4/c13-11-6-8(3-4-10(11)12(14)15)17-7-9-2-1-5-16-9/h3-4,6,9H,1-2,5,7H2,(H,14,15). The van der Waals surface area contributed by atoms with Crippen molar-refractivity contribution in [1.29, 1.82) is 0 Å². The van der Waals surface area contributed by atoms with Gasteiger partial charge in [0.1, 0.15) is 12.4 Å². The van der Waals surface area contributed by atoms with Crippen molar-refractivity contribution in [3.63, 3.8) is 0 Å². The van der Waals surface area contributed by atoms with Crippen LogP contribution in [0.3, 0.4) is 0 Å². The van der Waals surface area contributed by atoms with Crippen molar-refractivity contribution < 1.29 is 19.4 Å². The third kappa shape index (κ3) is 3.20. The number of halogens is 1. The van der Waals surface area contributed by atoms with E-state index in [2.05, 4.69) is 15.9 Å². The van der Waals surface area contributed by atoms with Crippen molar-refractivity contribution >= 4 is 21.9 Å². The summed E-state index contributed by atoms with van der Waals surface area (Å²) in [5, 5.41) is 8.87. The van der Waals surface area contributed by atoms with Crippen molar-refractivity contribution in [3.8, 4) is 5.75 Å². The second kappa shape index (κ2) is 5.51. The van der Waals surface area contributed by atoms with Gasteiger partial charge < -0.3 is 14.6 Å². The fraction of sp³-hybridized carbons (Fsp3) is 0.417. The van der Waals surface area contributed by atoms with Crippen LogP contribution in [-0.2, 0) is 4.74 Å². The molecule has 1 aromatic rings. The van der Waals surface area contributed by atoms with E-state index in [1.165, 1.54) is 6.07 Å². The monoisotopic (exact) mass is 300 g/mol. The molecule has 4 nitrogen and oxygen atoms in total. The first kappa shape index (κ1) is 12.4. The summed E-state index contributed by atoms with van der Waals surface area (Å²) in [4.78, 5) is 10.8. The minimum Gasteiger partial charge on any atom is -0.491 e. The third-order valence-electron chi connectivity index (χ3n) is 2.63. The number of rotatable bonds is 4. The van der Waals surface area contributed by atoms with E-state index in [1.807, 2.05) is 0 Å². The van der Waals surface area contributed by atoms with Crippen LogP contribution in [0.15, 0.2) is 22.7 Å². The van der Waals surface area contributed by atoms with Crippen molar-refractivity contribution in [3.05, 3.63) is 28.2 Å². The molecule has 92 valence electrons. The molecule has 1 N–H and O–H groups in total. The van der Waals surface area contributed by atoms with Crippen LogP contribution in [0.4, 0.5) is 0 Å². The molecule has 1 saturated heterocycles. The first-order chi connectivity index (χ1) is 8.16. The summed E-state index contributed by atoms with van der Waals surface area (Å²) in [6, 6.07) is 4.85. The number of benzene rings is 1. The topological polar surface area (TPSA) is 55.8 Å². The van der Waals surface area contributed by atoms with Gasteiger partial charge in [0.25, 0.3) is 0 Å². The highest BCUT2D eigenvalue weighted by atomic mass is 79.9. The van der Waals surface area contributed by atoms with E-state index in [4.69, 9.17) is 14.6 Å². The maximum Gasteiger partial charge on any atom is 0.336 e. The van der Waals surface area contributed by atoms with Crippen LogP contribution in [0.25, 0.3) is 0 Å². The van der Waals surface area contributed by atoms with Gasteiger partial charge in [-0.15, -0.1) is 0 Å². The summed E-state index contributed by atoms with van der Waals surface area (Å²) in [5.41, 5.74) is 0.231. The summed E-state index contributed by atoms with van der Waals surface area (Å²) in [7, 11) is 0. The van der Waals surface area contributed by atoms with Crippen molar-refractivity contribution in [1.82, 2.24) is 0 Å². The molecule has 1 unspecified atom stereocenters. The van der Waals surface area contributed by atoms with Gasteiger partial charge in [-0.05, 0) is 47.0 Å². The van der Waals surface area contributed by atoms with Crippen LogP contribution < -0.4 is 4.74 Å². The number of carboxylic acids is 1. The number of hydrogen-bond acceptors (Lipinski definition) is 3. The lowest BCUT2D eigenvalue weighted by Gasteiger charge is -2.12. The number of carbonyl (C=O) groups is 1. The Kier molecular flexibility index (Phi) is 4.02. The zero-order chi connectivity index (χ0) is 12.3. The Bertz CT molecular complexity index is 413. The van der Waals surface area contributed by atoms with E-state index in [0.29, 0.717) is 16.8 Å². The summed E-state index contributed by atoms with van der Waals surface area (Å²) in [6.45, 7) is 1.31. The molecule has 0 radical (unpaired) electrons. The number of aromatic carboxylic acids is 1. The van der Waals surface area contributed by atoms with Gasteiger partial charge in [-0.2, -0.15) is 0 Å². The van der Waals surface area contributed by atoms with Gasteiger partial charge in [-0.1, -0.05) is 0 Å². The first-order valence-electron chi connectivity index (χ1n) is 5.44. The normalized spacial score (nSPS) is 19.2. The molecule has 0 aromatic heterocycles. The average molecular weight is 301 g/mol. The molecule has 2 rings (SSSR count). The van der Waals surface area contributed by atoms with E-state index < -0.39 is 5.97 Å². The van der Waals surface area contributed by atoms with E-state index in [1.54, 1.807) is 12.1 Å². The average Bonchev–Trinajstić information content (AvgIpc) is 2.78. The fourth-order valence-electron chi connectivity index (χ4n) is 1.72. The molecule has 1 aliphatic rings. The quantitative estimate of drug-likeness (QED) is 0.929. The van der Waals surface area contributed by atoms with Gasteiger partial charge in [0.15, 0.2) is 0 Å². The molecule has 0 saturated carbocycles. The lowest BCUT2D eigenvalue weighted by atomic mass is 10.2. The molecule has 1 aromatic carbocycles. The Morgan fingerprint density at radius 3 is 3.00 bits per heavy atom. The number of ether oxygens (including phenoxy) is 2. The Labute approximate surface area is 108 Å². The van der Waals surface area contributed by atoms with Crippen LogP contribution in [0.5, 0.6) is 5.75 Å². The summed E-state index contributed by atoms with van der Waals surface area (Å²) in [5.74, 6) is -0.306. The Morgan fingerprint density at radius 2 is 2.41 bits per heavy atom. The summed E-state index contributed by atoms with van der Waals surface area (Å²) in [6.07, 6.45) is 2.26. The van der Waals surface area contributed by atoms with Gasteiger partial charge in [-0.3, -0.25) is 0 Å². The first-order valence-corrected chi connectivity index (χ1v) is 6.23. The molecule has 17 heavy (non-hydrogen) atoms. The van der Waals surface area contributed by atoms with E-state index in [9.17, 15) is 4.79 Å². The van der Waals surface area contributed by atoms with Crippen molar-refractivity contribution in [2.24, 2.45) is 0 Å². The van der Waals surface area contributed by atoms with Gasteiger partial charge in [0.2, 0.25) is 0 Å². The van der Waals surface area contributed by atoms with Crippen molar-refractivity contribution in [2.75, 3.05) is 13.2 Å². The van der Waals surface area contributed by atoms with Gasteiger partial charge in [0.05, 0.1) is 11.7 Å². The Morgan fingerprint density at radius 1 is 1.59 bits per heavy atom. The van der Waals surface area contributed by atoms with Crippen LogP contribution in [-0.4, -0.2) is 30.4 Å². The molecule has 0 amide bonds. The minimum absolute atomic E-state index is 0.160. The second-order valence-corrected chi connectivity index (χ2v) is 4.75. The molecular weight excluding hydrogens is 288 g/mol. The zero-order valence-electron chi connectivity index (χ0n) is 9.19. The lowest BCUT2D eigenvalue weighted by Crippen LogP contribution is -2.16. The molecule has 0 aliphatic carbocycles. The molecule has 1 heterocycles. The van der Waals surface area contributed by atoms with Crippen LogP contribution in [0.1, 0.15) is 23.2 Å². The SMILES string of the molecule is O=C(O)c1ccc(OCC2CCCO2)cc1Br. The Hall–Kier alpha value is -1.07. The highest BCUT2D eigenvalue weighted by Gasteiger charge is 2.16. The maximum absolute atomic E-state index is 10.8. The summed E-state index contributed by atoms with van der Waals surface area (Å²) < 4.78 is 11.5. The highest BCUT2D eigenvalue weighted by Crippen LogP contribution is 2.24. The lowest BCUT2D eigenvalue weighted by molar-refractivity contribution is 0.0674. The van der Waals surface area contributed by atoms with Gasteiger partial charge >= 0.3 is 5.97 Å². The van der Waals surface area contributed by atoms with Crippen molar-refractivity contribution in [2.45, 2.75) is 18.9 Å².